The van der Waals surface area contributed by atoms with Crippen LogP contribution in [0.25, 0.3) is 11.0 Å². The Hall–Kier alpha value is -1.58. The standard InChI is InChI=1S/C16H17NOS/c1-11-7-8-19-16(11)10-17-12(2)15-9-13-5-3-4-6-14(13)18-15/h3-9,12,17H,10H2,1-2H3. The van der Waals surface area contributed by atoms with E-state index in [4.69, 9.17) is 4.42 Å². The largest absolute Gasteiger partial charge is 0.459 e. The molecule has 1 unspecified atom stereocenters. The SMILES string of the molecule is Cc1ccsc1CNC(C)c1cc2ccccc2o1. The molecule has 0 fully saturated rings. The van der Waals surface area contributed by atoms with Gasteiger partial charge in [0.1, 0.15) is 11.3 Å². The smallest absolute Gasteiger partial charge is 0.134 e. The number of para-hydroxylation sites is 1. The van der Waals surface area contributed by atoms with Gasteiger partial charge in [0.05, 0.1) is 6.04 Å². The van der Waals surface area contributed by atoms with Crippen molar-refractivity contribution < 1.29 is 4.42 Å². The Labute approximate surface area is 117 Å². The second-order valence-corrected chi connectivity index (χ2v) is 5.82. The van der Waals surface area contributed by atoms with Gasteiger partial charge in [0.25, 0.3) is 0 Å². The fraction of sp³-hybridized carbons (Fsp3) is 0.250. The van der Waals surface area contributed by atoms with Crippen molar-refractivity contribution >= 4 is 22.3 Å². The van der Waals surface area contributed by atoms with Gasteiger partial charge < -0.3 is 9.73 Å². The summed E-state index contributed by atoms with van der Waals surface area (Å²) in [6, 6.07) is 12.6. The first kappa shape index (κ1) is 12.5. The van der Waals surface area contributed by atoms with E-state index in [1.165, 1.54) is 15.8 Å². The molecule has 0 aliphatic carbocycles. The zero-order chi connectivity index (χ0) is 13.2. The lowest BCUT2D eigenvalue weighted by molar-refractivity contribution is 0.452. The summed E-state index contributed by atoms with van der Waals surface area (Å²) in [6.07, 6.45) is 0. The fourth-order valence-corrected chi connectivity index (χ4v) is 3.00. The summed E-state index contributed by atoms with van der Waals surface area (Å²) in [5, 5.41) is 6.82. The molecule has 0 saturated heterocycles. The zero-order valence-corrected chi connectivity index (χ0v) is 12.0. The van der Waals surface area contributed by atoms with Crippen molar-refractivity contribution in [3.05, 3.63) is 58.0 Å². The number of rotatable bonds is 4. The summed E-state index contributed by atoms with van der Waals surface area (Å²) in [5.74, 6) is 0.996. The van der Waals surface area contributed by atoms with Gasteiger partial charge in [0.2, 0.25) is 0 Å². The van der Waals surface area contributed by atoms with Crippen LogP contribution in [-0.2, 0) is 6.54 Å². The van der Waals surface area contributed by atoms with Gasteiger partial charge in [0.15, 0.2) is 0 Å². The summed E-state index contributed by atoms with van der Waals surface area (Å²) >= 11 is 1.80. The third-order valence-electron chi connectivity index (χ3n) is 3.41. The molecule has 0 spiro atoms. The number of benzene rings is 1. The van der Waals surface area contributed by atoms with E-state index < -0.39 is 0 Å². The molecule has 3 rings (SSSR count). The van der Waals surface area contributed by atoms with E-state index in [9.17, 15) is 0 Å². The highest BCUT2D eigenvalue weighted by molar-refractivity contribution is 7.10. The second kappa shape index (κ2) is 5.19. The van der Waals surface area contributed by atoms with Crippen molar-refractivity contribution in [1.29, 1.82) is 0 Å². The topological polar surface area (TPSA) is 25.2 Å². The molecular weight excluding hydrogens is 254 g/mol. The zero-order valence-electron chi connectivity index (χ0n) is 11.1. The van der Waals surface area contributed by atoms with Crippen LogP contribution in [0.1, 0.15) is 29.2 Å². The Morgan fingerprint density at radius 1 is 1.26 bits per heavy atom. The lowest BCUT2D eigenvalue weighted by atomic mass is 10.2. The summed E-state index contributed by atoms with van der Waals surface area (Å²) < 4.78 is 5.87. The molecule has 2 aromatic heterocycles. The molecule has 0 saturated carbocycles. The molecule has 1 atom stereocenters. The van der Waals surface area contributed by atoms with Crippen LogP contribution in [0.3, 0.4) is 0 Å². The third-order valence-corrected chi connectivity index (χ3v) is 4.43. The van der Waals surface area contributed by atoms with E-state index in [1.807, 2.05) is 18.2 Å². The molecule has 98 valence electrons. The molecule has 2 heterocycles. The average Bonchev–Trinajstić information content (AvgIpc) is 3.01. The maximum Gasteiger partial charge on any atom is 0.134 e. The molecule has 0 amide bonds. The Morgan fingerprint density at radius 3 is 2.84 bits per heavy atom. The summed E-state index contributed by atoms with van der Waals surface area (Å²) in [6.45, 7) is 5.18. The molecule has 19 heavy (non-hydrogen) atoms. The van der Waals surface area contributed by atoms with Gasteiger partial charge in [-0.1, -0.05) is 18.2 Å². The quantitative estimate of drug-likeness (QED) is 0.747. The third kappa shape index (κ3) is 2.57. The van der Waals surface area contributed by atoms with Crippen molar-refractivity contribution in [2.75, 3.05) is 0 Å². The monoisotopic (exact) mass is 271 g/mol. The second-order valence-electron chi connectivity index (χ2n) is 4.82. The average molecular weight is 271 g/mol. The molecule has 3 aromatic rings. The normalized spacial score (nSPS) is 12.9. The molecule has 1 N–H and O–H groups in total. The van der Waals surface area contributed by atoms with E-state index in [2.05, 4.69) is 42.7 Å². The molecule has 0 radical (unpaired) electrons. The Kier molecular flexibility index (Phi) is 3.40. The number of nitrogens with one attached hydrogen (secondary N) is 1. The molecule has 0 bridgehead atoms. The van der Waals surface area contributed by atoms with Gasteiger partial charge in [-0.3, -0.25) is 0 Å². The van der Waals surface area contributed by atoms with Crippen molar-refractivity contribution in [2.24, 2.45) is 0 Å². The predicted molar refractivity (Wildman–Crippen MR) is 80.5 cm³/mol. The molecule has 2 nitrogen and oxygen atoms in total. The van der Waals surface area contributed by atoms with E-state index in [-0.39, 0.29) is 6.04 Å². The summed E-state index contributed by atoms with van der Waals surface area (Å²) in [4.78, 5) is 1.39. The van der Waals surface area contributed by atoms with E-state index in [0.717, 1.165) is 17.9 Å². The van der Waals surface area contributed by atoms with Gasteiger partial charge in [0, 0.05) is 16.8 Å². The van der Waals surface area contributed by atoms with Gasteiger partial charge in [-0.15, -0.1) is 11.3 Å². The van der Waals surface area contributed by atoms with Crippen molar-refractivity contribution in [1.82, 2.24) is 5.32 Å². The number of hydrogen-bond donors (Lipinski definition) is 1. The van der Waals surface area contributed by atoms with Gasteiger partial charge in [-0.2, -0.15) is 0 Å². The first-order valence-corrected chi connectivity index (χ1v) is 7.37. The summed E-state index contributed by atoms with van der Waals surface area (Å²) in [7, 11) is 0. The van der Waals surface area contributed by atoms with Crippen LogP contribution in [-0.4, -0.2) is 0 Å². The Bertz CT molecular complexity index is 650. The van der Waals surface area contributed by atoms with E-state index in [1.54, 1.807) is 11.3 Å². The van der Waals surface area contributed by atoms with Gasteiger partial charge in [-0.25, -0.2) is 0 Å². The Balaban J connectivity index is 1.73. The maximum atomic E-state index is 5.87. The lowest BCUT2D eigenvalue weighted by Gasteiger charge is -2.10. The van der Waals surface area contributed by atoms with Gasteiger partial charge in [-0.05, 0) is 43.0 Å². The van der Waals surface area contributed by atoms with Crippen molar-refractivity contribution in [3.8, 4) is 0 Å². The molecular formula is C16H17NOS. The van der Waals surface area contributed by atoms with E-state index in [0.29, 0.717) is 0 Å². The highest BCUT2D eigenvalue weighted by Gasteiger charge is 2.11. The molecule has 3 heteroatoms. The molecule has 0 aliphatic rings. The van der Waals surface area contributed by atoms with Crippen LogP contribution < -0.4 is 5.32 Å². The van der Waals surface area contributed by atoms with Crippen LogP contribution in [0.2, 0.25) is 0 Å². The van der Waals surface area contributed by atoms with Crippen LogP contribution in [0.4, 0.5) is 0 Å². The van der Waals surface area contributed by atoms with Crippen LogP contribution in [0.5, 0.6) is 0 Å². The maximum absolute atomic E-state index is 5.87. The predicted octanol–water partition coefficient (Wildman–Crippen LogP) is 4.65. The minimum Gasteiger partial charge on any atom is -0.459 e. The fourth-order valence-electron chi connectivity index (χ4n) is 2.15. The minimum atomic E-state index is 0.217. The number of fused-ring (bicyclic) bond motifs is 1. The number of hydrogen-bond acceptors (Lipinski definition) is 3. The number of aryl methyl sites for hydroxylation is 1. The molecule has 0 aliphatic heterocycles. The minimum absolute atomic E-state index is 0.217. The lowest BCUT2D eigenvalue weighted by Crippen LogP contribution is -2.17. The molecule has 1 aromatic carbocycles. The summed E-state index contributed by atoms with van der Waals surface area (Å²) in [5.41, 5.74) is 2.31. The van der Waals surface area contributed by atoms with E-state index >= 15 is 0 Å². The number of furan rings is 1. The van der Waals surface area contributed by atoms with Gasteiger partial charge >= 0.3 is 0 Å². The van der Waals surface area contributed by atoms with Crippen LogP contribution in [0, 0.1) is 6.92 Å². The first-order chi connectivity index (χ1) is 9.24. The number of thiophene rings is 1. The van der Waals surface area contributed by atoms with Crippen molar-refractivity contribution in [2.45, 2.75) is 26.4 Å². The van der Waals surface area contributed by atoms with Crippen LogP contribution in [0.15, 0.2) is 46.2 Å². The highest BCUT2D eigenvalue weighted by atomic mass is 32.1. The Morgan fingerprint density at radius 2 is 2.11 bits per heavy atom. The highest BCUT2D eigenvalue weighted by Crippen LogP contribution is 2.24. The van der Waals surface area contributed by atoms with Crippen LogP contribution >= 0.6 is 11.3 Å². The first-order valence-electron chi connectivity index (χ1n) is 6.49. The van der Waals surface area contributed by atoms with Crippen molar-refractivity contribution in [3.63, 3.8) is 0 Å².